The Balaban J connectivity index is 0.000000292. The first kappa shape index (κ1) is 13.2. The zero-order valence-corrected chi connectivity index (χ0v) is 9.11. The van der Waals surface area contributed by atoms with Gasteiger partial charge in [0.15, 0.2) is 0 Å². The van der Waals surface area contributed by atoms with Crippen molar-refractivity contribution in [2.45, 2.75) is 13.3 Å². The highest BCUT2D eigenvalue weighted by Crippen LogP contribution is 2.02. The first-order valence-electron chi connectivity index (χ1n) is 4.15. The molecule has 0 bridgehead atoms. The van der Waals surface area contributed by atoms with Crippen LogP contribution >= 0.6 is 0 Å². The lowest BCUT2D eigenvalue weighted by atomic mass is 10.4. The monoisotopic (exact) mass is 224 g/mol. The van der Waals surface area contributed by atoms with E-state index >= 15 is 0 Å². The zero-order chi connectivity index (χ0) is 11.2. The molecule has 0 radical (unpaired) electrons. The van der Waals surface area contributed by atoms with Crippen LogP contribution in [-0.2, 0) is 10.4 Å². The van der Waals surface area contributed by atoms with Crippen molar-refractivity contribution in [1.29, 1.82) is 0 Å². The van der Waals surface area contributed by atoms with E-state index < -0.39 is 10.4 Å². The Kier molecular flexibility index (Phi) is 5.51. The van der Waals surface area contributed by atoms with Gasteiger partial charge in [-0.1, -0.05) is 6.92 Å². The summed E-state index contributed by atoms with van der Waals surface area (Å²) in [6.07, 6.45) is 5.48. The molecule has 0 unspecified atom stereocenters. The van der Waals surface area contributed by atoms with Gasteiger partial charge in [-0.05, 0) is 6.42 Å². The fourth-order valence-electron chi connectivity index (χ4n) is 1.02. The minimum absolute atomic E-state index is 1.06. The van der Waals surface area contributed by atoms with Crippen molar-refractivity contribution in [3.05, 3.63) is 12.4 Å². The maximum atomic E-state index is 8.74. The third-order valence-electron chi connectivity index (χ3n) is 1.45. The van der Waals surface area contributed by atoms with Crippen LogP contribution < -0.4 is 0 Å². The summed E-state index contributed by atoms with van der Waals surface area (Å²) in [6.45, 7) is 4.45. The van der Waals surface area contributed by atoms with E-state index in [-0.39, 0.29) is 0 Å². The summed E-state index contributed by atoms with van der Waals surface area (Å²) in [5, 5.41) is 0. The summed E-state index contributed by atoms with van der Waals surface area (Å²) in [6, 6.07) is 0. The molecule has 1 aliphatic rings. The largest absolute Gasteiger partial charge is 0.394 e. The van der Waals surface area contributed by atoms with Gasteiger partial charge in [0, 0.05) is 26.0 Å². The van der Waals surface area contributed by atoms with Gasteiger partial charge in [-0.25, -0.2) is 0 Å². The maximum absolute atomic E-state index is 8.74. The van der Waals surface area contributed by atoms with Crippen molar-refractivity contribution in [3.8, 4) is 0 Å². The fourth-order valence-corrected chi connectivity index (χ4v) is 1.02. The molecule has 0 spiro atoms. The topological polar surface area (TPSA) is 81.1 Å². The molecule has 0 amide bonds. The molecular formula is C7H16N2O4S. The van der Waals surface area contributed by atoms with Gasteiger partial charge < -0.3 is 9.80 Å². The molecule has 0 saturated carbocycles. The first-order chi connectivity index (χ1) is 6.33. The van der Waals surface area contributed by atoms with Crippen LogP contribution in [0.2, 0.25) is 0 Å². The van der Waals surface area contributed by atoms with E-state index in [0.717, 1.165) is 6.67 Å². The summed E-state index contributed by atoms with van der Waals surface area (Å²) in [5.74, 6) is 0. The molecule has 0 aromatic heterocycles. The van der Waals surface area contributed by atoms with Crippen molar-refractivity contribution in [1.82, 2.24) is 9.80 Å². The summed E-state index contributed by atoms with van der Waals surface area (Å²) < 4.78 is 31.6. The van der Waals surface area contributed by atoms with Gasteiger partial charge in [0.25, 0.3) is 0 Å². The number of hydrogen-bond acceptors (Lipinski definition) is 4. The van der Waals surface area contributed by atoms with Crippen molar-refractivity contribution in [2.75, 3.05) is 20.3 Å². The fraction of sp³-hybridized carbons (Fsp3) is 0.714. The van der Waals surface area contributed by atoms with E-state index in [0.29, 0.717) is 0 Å². The van der Waals surface area contributed by atoms with Crippen molar-refractivity contribution < 1.29 is 17.5 Å². The molecule has 0 aromatic carbocycles. The highest BCUT2D eigenvalue weighted by Gasteiger charge is 2.04. The molecule has 6 nitrogen and oxygen atoms in total. The van der Waals surface area contributed by atoms with Gasteiger partial charge >= 0.3 is 10.4 Å². The lowest BCUT2D eigenvalue weighted by Crippen LogP contribution is -2.22. The van der Waals surface area contributed by atoms with E-state index in [1.807, 2.05) is 0 Å². The van der Waals surface area contributed by atoms with E-state index in [9.17, 15) is 0 Å². The summed E-state index contributed by atoms with van der Waals surface area (Å²) in [5.41, 5.74) is 0. The molecule has 0 atom stereocenters. The molecule has 14 heavy (non-hydrogen) atoms. The molecule has 0 saturated heterocycles. The maximum Gasteiger partial charge on any atom is 0.394 e. The SMILES string of the molecule is CCCN1C=CN(C)C1.O=S(=O)(O)O. The van der Waals surface area contributed by atoms with Crippen molar-refractivity contribution in [2.24, 2.45) is 0 Å². The minimum Gasteiger partial charge on any atom is -0.362 e. The number of hydrogen-bond donors (Lipinski definition) is 2. The Morgan fingerprint density at radius 1 is 1.36 bits per heavy atom. The first-order valence-corrected chi connectivity index (χ1v) is 5.55. The molecule has 0 fully saturated rings. The predicted octanol–water partition coefficient (Wildman–Crippen LogP) is 0.420. The highest BCUT2D eigenvalue weighted by molar-refractivity contribution is 7.79. The lowest BCUT2D eigenvalue weighted by molar-refractivity contribution is 0.297. The van der Waals surface area contributed by atoms with Gasteiger partial charge in [-0.3, -0.25) is 9.11 Å². The number of nitrogens with zero attached hydrogens (tertiary/aromatic N) is 2. The standard InChI is InChI=1S/C7H14N2.H2O4S/c1-3-4-9-6-5-8(2)7-9;1-5(2,3)4/h5-6H,3-4,7H2,1-2H3;(H2,1,2,3,4). The second-order valence-corrected chi connectivity index (χ2v) is 3.85. The molecule has 0 aliphatic carbocycles. The van der Waals surface area contributed by atoms with Crippen LogP contribution in [0.15, 0.2) is 12.4 Å². The van der Waals surface area contributed by atoms with Gasteiger partial charge in [-0.2, -0.15) is 8.42 Å². The molecule has 1 aliphatic heterocycles. The Hall–Kier alpha value is -0.790. The van der Waals surface area contributed by atoms with E-state index in [2.05, 4.69) is 36.2 Å². The molecule has 7 heteroatoms. The average molecular weight is 224 g/mol. The predicted molar refractivity (Wildman–Crippen MR) is 52.9 cm³/mol. The molecule has 0 aromatic rings. The quantitative estimate of drug-likeness (QED) is 0.662. The van der Waals surface area contributed by atoms with Crippen LogP contribution in [0.4, 0.5) is 0 Å². The molecule has 84 valence electrons. The Morgan fingerprint density at radius 3 is 2.14 bits per heavy atom. The molecule has 2 N–H and O–H groups in total. The molecule has 1 heterocycles. The smallest absolute Gasteiger partial charge is 0.362 e. The second-order valence-electron chi connectivity index (χ2n) is 2.96. The van der Waals surface area contributed by atoms with Crippen molar-refractivity contribution >= 4 is 10.4 Å². The Morgan fingerprint density at radius 2 is 1.86 bits per heavy atom. The average Bonchev–Trinajstić information content (AvgIpc) is 2.32. The third-order valence-corrected chi connectivity index (χ3v) is 1.45. The van der Waals surface area contributed by atoms with Crippen LogP contribution in [0.1, 0.15) is 13.3 Å². The number of rotatable bonds is 2. The Bertz CT molecular complexity index is 267. The lowest BCUT2D eigenvalue weighted by Gasteiger charge is -2.16. The van der Waals surface area contributed by atoms with Crippen LogP contribution in [0, 0.1) is 0 Å². The van der Waals surface area contributed by atoms with Crippen LogP contribution in [0.5, 0.6) is 0 Å². The van der Waals surface area contributed by atoms with Crippen LogP contribution in [-0.4, -0.2) is 47.6 Å². The van der Waals surface area contributed by atoms with Gasteiger partial charge in [0.05, 0.1) is 6.67 Å². The van der Waals surface area contributed by atoms with Gasteiger partial charge in [0.2, 0.25) is 0 Å². The minimum atomic E-state index is -4.67. The zero-order valence-electron chi connectivity index (χ0n) is 8.29. The van der Waals surface area contributed by atoms with E-state index in [4.69, 9.17) is 17.5 Å². The second kappa shape index (κ2) is 5.84. The summed E-state index contributed by atoms with van der Waals surface area (Å²) in [7, 11) is -2.58. The summed E-state index contributed by atoms with van der Waals surface area (Å²) >= 11 is 0. The molecule has 1 rings (SSSR count). The van der Waals surface area contributed by atoms with Gasteiger partial charge in [0.1, 0.15) is 0 Å². The van der Waals surface area contributed by atoms with E-state index in [1.165, 1.54) is 13.0 Å². The summed E-state index contributed by atoms with van der Waals surface area (Å²) in [4.78, 5) is 4.48. The van der Waals surface area contributed by atoms with Crippen molar-refractivity contribution in [3.63, 3.8) is 0 Å². The third kappa shape index (κ3) is 9.30. The highest BCUT2D eigenvalue weighted by atomic mass is 32.3. The Labute approximate surface area is 84.4 Å². The van der Waals surface area contributed by atoms with Crippen LogP contribution in [0.25, 0.3) is 0 Å². The normalized spacial score (nSPS) is 15.4. The molecular weight excluding hydrogens is 208 g/mol. The van der Waals surface area contributed by atoms with E-state index in [1.54, 1.807) is 0 Å². The van der Waals surface area contributed by atoms with Gasteiger partial charge in [-0.15, -0.1) is 0 Å². The van der Waals surface area contributed by atoms with Crippen LogP contribution in [0.3, 0.4) is 0 Å².